The van der Waals surface area contributed by atoms with Gasteiger partial charge in [0.25, 0.3) is 0 Å². The SMILES string of the molecule is CS(=O)c1ccc(C=C2CCc3ccccc32)cc1. The smallest absolute Gasteiger partial charge is 0.0498 e. The molecule has 0 fully saturated rings. The molecule has 96 valence electrons. The van der Waals surface area contributed by atoms with Crippen molar-refractivity contribution >= 4 is 22.4 Å². The van der Waals surface area contributed by atoms with Gasteiger partial charge in [-0.15, -0.1) is 0 Å². The Bertz CT molecular complexity index is 653. The molecule has 3 rings (SSSR count). The molecule has 0 spiro atoms. The maximum Gasteiger partial charge on any atom is 0.0498 e. The second kappa shape index (κ2) is 5.14. The summed E-state index contributed by atoms with van der Waals surface area (Å²) in [5.41, 5.74) is 5.41. The van der Waals surface area contributed by atoms with Crippen molar-refractivity contribution in [1.29, 1.82) is 0 Å². The van der Waals surface area contributed by atoms with Gasteiger partial charge in [-0.25, -0.2) is 0 Å². The van der Waals surface area contributed by atoms with Gasteiger partial charge in [-0.1, -0.05) is 42.5 Å². The molecule has 0 amide bonds. The Balaban J connectivity index is 1.93. The topological polar surface area (TPSA) is 17.1 Å². The number of hydrogen-bond acceptors (Lipinski definition) is 1. The van der Waals surface area contributed by atoms with Crippen LogP contribution in [0.25, 0.3) is 11.6 Å². The summed E-state index contributed by atoms with van der Waals surface area (Å²) in [6.45, 7) is 0. The Kier molecular flexibility index (Phi) is 3.34. The largest absolute Gasteiger partial charge is 0.255 e. The van der Waals surface area contributed by atoms with Crippen LogP contribution >= 0.6 is 0 Å². The molecule has 0 saturated carbocycles. The molecular weight excluding hydrogens is 252 g/mol. The fourth-order valence-corrected chi connectivity index (χ4v) is 3.08. The summed E-state index contributed by atoms with van der Waals surface area (Å²) < 4.78 is 11.4. The highest BCUT2D eigenvalue weighted by Gasteiger charge is 2.14. The summed E-state index contributed by atoms with van der Waals surface area (Å²) in [7, 11) is -0.898. The zero-order valence-corrected chi connectivity index (χ0v) is 11.7. The predicted octanol–water partition coefficient (Wildman–Crippen LogP) is 3.91. The molecule has 0 bridgehead atoms. The van der Waals surface area contributed by atoms with Gasteiger partial charge in [-0.2, -0.15) is 0 Å². The van der Waals surface area contributed by atoms with E-state index in [0.717, 1.165) is 17.7 Å². The fraction of sp³-hybridized carbons (Fsp3) is 0.176. The molecule has 2 aromatic rings. The fourth-order valence-electron chi connectivity index (χ4n) is 2.56. The van der Waals surface area contributed by atoms with Gasteiger partial charge in [-0.3, -0.25) is 4.21 Å². The molecule has 0 aromatic heterocycles. The van der Waals surface area contributed by atoms with E-state index in [4.69, 9.17) is 0 Å². The highest BCUT2D eigenvalue weighted by atomic mass is 32.2. The van der Waals surface area contributed by atoms with Crippen LogP contribution in [0.1, 0.15) is 23.1 Å². The minimum Gasteiger partial charge on any atom is -0.255 e. The van der Waals surface area contributed by atoms with Gasteiger partial charge in [0.2, 0.25) is 0 Å². The normalized spacial score (nSPS) is 17.4. The molecule has 2 aromatic carbocycles. The summed E-state index contributed by atoms with van der Waals surface area (Å²) in [6, 6.07) is 16.6. The first kappa shape index (κ1) is 12.4. The van der Waals surface area contributed by atoms with Crippen LogP contribution in [0.15, 0.2) is 53.4 Å². The highest BCUT2D eigenvalue weighted by molar-refractivity contribution is 7.84. The molecule has 1 aliphatic rings. The van der Waals surface area contributed by atoms with Crippen LogP contribution in [0.4, 0.5) is 0 Å². The van der Waals surface area contributed by atoms with Crippen molar-refractivity contribution < 1.29 is 4.21 Å². The Morgan fingerprint density at radius 2 is 1.74 bits per heavy atom. The Morgan fingerprint density at radius 3 is 2.47 bits per heavy atom. The van der Waals surface area contributed by atoms with E-state index in [2.05, 4.69) is 30.3 Å². The summed E-state index contributed by atoms with van der Waals surface area (Å²) in [6.07, 6.45) is 6.20. The molecule has 1 atom stereocenters. The first-order valence-corrected chi connectivity index (χ1v) is 8.02. The highest BCUT2D eigenvalue weighted by Crippen LogP contribution is 2.33. The summed E-state index contributed by atoms with van der Waals surface area (Å²) in [5, 5.41) is 0. The number of hydrogen-bond donors (Lipinski definition) is 0. The van der Waals surface area contributed by atoms with Crippen molar-refractivity contribution in [2.24, 2.45) is 0 Å². The van der Waals surface area contributed by atoms with E-state index in [1.807, 2.05) is 24.3 Å². The number of allylic oxidation sites excluding steroid dienone is 1. The van der Waals surface area contributed by atoms with E-state index in [9.17, 15) is 4.21 Å². The van der Waals surface area contributed by atoms with Gasteiger partial charge >= 0.3 is 0 Å². The van der Waals surface area contributed by atoms with Gasteiger partial charge < -0.3 is 0 Å². The van der Waals surface area contributed by atoms with Crippen molar-refractivity contribution in [3.63, 3.8) is 0 Å². The molecule has 2 heteroatoms. The number of aryl methyl sites for hydroxylation is 1. The average Bonchev–Trinajstić information content (AvgIpc) is 2.83. The van der Waals surface area contributed by atoms with E-state index >= 15 is 0 Å². The van der Waals surface area contributed by atoms with Gasteiger partial charge in [0.05, 0.1) is 0 Å². The summed E-state index contributed by atoms with van der Waals surface area (Å²) >= 11 is 0. The third-order valence-electron chi connectivity index (χ3n) is 3.58. The molecule has 0 N–H and O–H groups in total. The molecule has 0 radical (unpaired) electrons. The Hall–Kier alpha value is -1.67. The second-order valence-corrected chi connectivity index (χ2v) is 6.23. The van der Waals surface area contributed by atoms with E-state index in [1.165, 1.54) is 22.3 Å². The van der Waals surface area contributed by atoms with Gasteiger partial charge in [0, 0.05) is 22.0 Å². The van der Waals surface area contributed by atoms with Crippen molar-refractivity contribution in [2.75, 3.05) is 6.26 Å². The summed E-state index contributed by atoms with van der Waals surface area (Å²) in [5.74, 6) is 0. The second-order valence-electron chi connectivity index (χ2n) is 4.85. The number of fused-ring (bicyclic) bond motifs is 1. The standard InChI is InChI=1S/C17H16OS/c1-19(18)16-10-6-13(7-11-16)12-15-9-8-14-4-2-3-5-17(14)15/h2-7,10-12H,8-9H2,1H3. The quantitative estimate of drug-likeness (QED) is 0.807. The zero-order valence-electron chi connectivity index (χ0n) is 10.9. The molecule has 0 heterocycles. The maximum absolute atomic E-state index is 11.4. The molecule has 1 nitrogen and oxygen atoms in total. The number of rotatable bonds is 2. The van der Waals surface area contributed by atoms with Crippen molar-refractivity contribution in [1.82, 2.24) is 0 Å². The molecule has 19 heavy (non-hydrogen) atoms. The van der Waals surface area contributed by atoms with Crippen molar-refractivity contribution in [3.05, 3.63) is 65.2 Å². The molecule has 0 saturated heterocycles. The zero-order chi connectivity index (χ0) is 13.2. The lowest BCUT2D eigenvalue weighted by Gasteiger charge is -2.02. The lowest BCUT2D eigenvalue weighted by molar-refractivity contribution is 0.687. The molecule has 1 unspecified atom stereocenters. The van der Waals surface area contributed by atoms with Crippen LogP contribution in [0.3, 0.4) is 0 Å². The minimum atomic E-state index is -0.898. The van der Waals surface area contributed by atoms with Crippen LogP contribution in [-0.2, 0) is 17.2 Å². The Labute approximate surface area is 116 Å². The average molecular weight is 268 g/mol. The first-order chi connectivity index (χ1) is 9.24. The molecule has 1 aliphatic carbocycles. The lowest BCUT2D eigenvalue weighted by atomic mass is 10.0. The molecule has 0 aliphatic heterocycles. The van der Waals surface area contributed by atoms with Gasteiger partial charge in [0.15, 0.2) is 0 Å². The van der Waals surface area contributed by atoms with E-state index in [-0.39, 0.29) is 0 Å². The monoisotopic (exact) mass is 268 g/mol. The number of benzene rings is 2. The van der Waals surface area contributed by atoms with Crippen LogP contribution < -0.4 is 0 Å². The third kappa shape index (κ3) is 2.54. The van der Waals surface area contributed by atoms with E-state index in [0.29, 0.717) is 0 Å². The van der Waals surface area contributed by atoms with Crippen LogP contribution in [0.5, 0.6) is 0 Å². The van der Waals surface area contributed by atoms with E-state index < -0.39 is 10.8 Å². The first-order valence-electron chi connectivity index (χ1n) is 6.46. The van der Waals surface area contributed by atoms with Crippen molar-refractivity contribution in [2.45, 2.75) is 17.7 Å². The molecular formula is C17H16OS. The predicted molar refractivity (Wildman–Crippen MR) is 81.4 cm³/mol. The lowest BCUT2D eigenvalue weighted by Crippen LogP contribution is -1.86. The van der Waals surface area contributed by atoms with Crippen LogP contribution in [-0.4, -0.2) is 10.5 Å². The Morgan fingerprint density at radius 1 is 1.00 bits per heavy atom. The van der Waals surface area contributed by atoms with E-state index in [1.54, 1.807) is 6.26 Å². The maximum atomic E-state index is 11.4. The van der Waals surface area contributed by atoms with Crippen molar-refractivity contribution in [3.8, 4) is 0 Å². The van der Waals surface area contributed by atoms with Gasteiger partial charge in [0.1, 0.15) is 0 Å². The summed E-state index contributed by atoms with van der Waals surface area (Å²) in [4.78, 5) is 0.883. The van der Waals surface area contributed by atoms with Gasteiger partial charge in [-0.05, 0) is 47.2 Å². The van der Waals surface area contributed by atoms with Crippen LogP contribution in [0, 0.1) is 0 Å². The third-order valence-corrected chi connectivity index (χ3v) is 4.52. The van der Waals surface area contributed by atoms with Crippen LogP contribution in [0.2, 0.25) is 0 Å². The minimum absolute atomic E-state index is 0.883.